The molecule has 4 rings (SSSR count). The zero-order chi connectivity index (χ0) is 30.1. The SMILES string of the molecule is C=C/C=C\C.CN.CN.CO.CON(C)CCOc1ccc(C)cc1.Oc1ccc2oc3ccccc3c2c1. The number of hydroxylamine groups is 2. The highest BCUT2D eigenvalue weighted by Crippen LogP contribution is 2.30. The molecule has 0 atom stereocenters. The summed E-state index contributed by atoms with van der Waals surface area (Å²) >= 11 is 0. The average Bonchev–Trinajstić information content (AvgIpc) is 3.36. The maximum absolute atomic E-state index is 9.37. The van der Waals surface area contributed by atoms with Crippen molar-refractivity contribution in [1.82, 2.24) is 5.06 Å². The van der Waals surface area contributed by atoms with Crippen LogP contribution in [0.3, 0.4) is 0 Å². The van der Waals surface area contributed by atoms with Crippen LogP contribution in [-0.4, -0.2) is 63.8 Å². The highest BCUT2D eigenvalue weighted by atomic mass is 16.7. The highest BCUT2D eigenvalue weighted by molar-refractivity contribution is 6.05. The predicted octanol–water partition coefficient (Wildman–Crippen LogP) is 5.67. The number of ether oxygens (including phenoxy) is 1. The minimum atomic E-state index is 0.268. The lowest BCUT2D eigenvalue weighted by molar-refractivity contribution is -0.113. The summed E-state index contributed by atoms with van der Waals surface area (Å²) in [4.78, 5) is 4.96. The lowest BCUT2D eigenvalue weighted by Gasteiger charge is -2.13. The van der Waals surface area contributed by atoms with Gasteiger partial charge in [0.05, 0.1) is 13.7 Å². The molecule has 1 heterocycles. The standard InChI is InChI=1S/C12H8O2.C11H17NO2.C5H8.2CH5N.CH4O/c13-8-5-6-12-10(7-8)9-3-1-2-4-11(9)14-12;1-10-4-6-11(7-5-10)14-9-8-12(2)13-3;1-3-5-4-2;3*1-2/h1-7,13H;4-7H,8-9H2,1-3H3;3-5H,1H2,2H3;2*2H2,1H3;2H,1H3/b;;5-4-;;;. The van der Waals surface area contributed by atoms with Crippen LogP contribution in [0.25, 0.3) is 21.9 Å². The number of rotatable bonds is 6. The number of nitrogens with zero attached hydrogens (tertiary/aromatic N) is 1. The van der Waals surface area contributed by atoms with E-state index in [0.29, 0.717) is 6.61 Å². The van der Waals surface area contributed by atoms with Gasteiger partial charge in [-0.25, -0.2) is 0 Å². The first kappa shape index (κ1) is 37.5. The van der Waals surface area contributed by atoms with Gasteiger partial charge in [0.2, 0.25) is 0 Å². The van der Waals surface area contributed by atoms with Crippen molar-refractivity contribution in [3.05, 3.63) is 97.1 Å². The Hall–Kier alpha value is -3.66. The van der Waals surface area contributed by atoms with Crippen LogP contribution in [0.1, 0.15) is 12.5 Å². The molecule has 39 heavy (non-hydrogen) atoms. The van der Waals surface area contributed by atoms with Crippen LogP contribution in [0.15, 0.2) is 96.0 Å². The molecule has 0 amide bonds. The van der Waals surface area contributed by atoms with Gasteiger partial charge in [0.25, 0.3) is 0 Å². The van der Waals surface area contributed by atoms with E-state index in [1.807, 2.05) is 74.7 Å². The molecule has 0 unspecified atom stereocenters. The number of fused-ring (bicyclic) bond motifs is 3. The third-order valence-electron chi connectivity index (χ3n) is 4.70. The van der Waals surface area contributed by atoms with Gasteiger partial charge in [-0.05, 0) is 64.3 Å². The molecule has 3 aromatic carbocycles. The molecule has 216 valence electrons. The van der Waals surface area contributed by atoms with E-state index in [2.05, 4.69) is 25.0 Å². The second-order valence-electron chi connectivity index (χ2n) is 7.24. The summed E-state index contributed by atoms with van der Waals surface area (Å²) in [6.45, 7) is 8.87. The number of aryl methyl sites for hydroxylation is 1. The second-order valence-corrected chi connectivity index (χ2v) is 7.24. The number of hydrogen-bond donors (Lipinski definition) is 4. The van der Waals surface area contributed by atoms with E-state index in [9.17, 15) is 5.11 Å². The molecule has 0 saturated carbocycles. The highest BCUT2D eigenvalue weighted by Gasteiger charge is 2.05. The third-order valence-corrected chi connectivity index (χ3v) is 4.70. The third kappa shape index (κ3) is 15.4. The van der Waals surface area contributed by atoms with E-state index in [0.717, 1.165) is 41.3 Å². The Labute approximate surface area is 233 Å². The van der Waals surface area contributed by atoms with Gasteiger partial charge in [0.1, 0.15) is 29.3 Å². The van der Waals surface area contributed by atoms with Gasteiger partial charge in [-0.1, -0.05) is 60.7 Å². The summed E-state index contributed by atoms with van der Waals surface area (Å²) < 4.78 is 11.1. The number of para-hydroxylation sites is 1. The lowest BCUT2D eigenvalue weighted by Crippen LogP contribution is -2.22. The van der Waals surface area contributed by atoms with Gasteiger partial charge in [-0.2, -0.15) is 5.06 Å². The number of benzene rings is 3. The summed E-state index contributed by atoms with van der Waals surface area (Å²) in [7, 11) is 7.52. The molecular formula is C31H47N3O5. The molecule has 8 nitrogen and oxygen atoms in total. The molecule has 0 aliphatic carbocycles. The Balaban J connectivity index is 0. The summed E-state index contributed by atoms with van der Waals surface area (Å²) in [5.74, 6) is 1.17. The molecule has 0 spiro atoms. The second kappa shape index (κ2) is 24.7. The molecule has 1 aromatic heterocycles. The van der Waals surface area contributed by atoms with Crippen LogP contribution in [-0.2, 0) is 4.84 Å². The quantitative estimate of drug-likeness (QED) is 0.182. The van der Waals surface area contributed by atoms with Crippen LogP contribution >= 0.6 is 0 Å². The summed E-state index contributed by atoms with van der Waals surface area (Å²) in [6, 6.07) is 21.0. The van der Waals surface area contributed by atoms with Crippen molar-refractivity contribution in [2.75, 3.05) is 48.5 Å². The Kier molecular flexibility index (Phi) is 23.7. The zero-order valence-electron chi connectivity index (χ0n) is 24.4. The topological polar surface area (TPSA) is 127 Å². The molecular weight excluding hydrogens is 494 g/mol. The van der Waals surface area contributed by atoms with Crippen molar-refractivity contribution in [1.29, 1.82) is 0 Å². The molecule has 4 aromatic rings. The van der Waals surface area contributed by atoms with Crippen LogP contribution in [0.4, 0.5) is 0 Å². The number of aliphatic hydroxyl groups is 1. The normalized spacial score (nSPS) is 9.41. The average molecular weight is 542 g/mol. The van der Waals surface area contributed by atoms with Crippen LogP contribution < -0.4 is 16.2 Å². The van der Waals surface area contributed by atoms with E-state index < -0.39 is 0 Å². The zero-order valence-corrected chi connectivity index (χ0v) is 24.4. The first-order valence-corrected chi connectivity index (χ1v) is 12.4. The predicted molar refractivity (Wildman–Crippen MR) is 165 cm³/mol. The van der Waals surface area contributed by atoms with Gasteiger partial charge >= 0.3 is 0 Å². The number of phenolic OH excluding ortho intramolecular Hbond substituents is 1. The lowest BCUT2D eigenvalue weighted by atomic mass is 10.1. The minimum Gasteiger partial charge on any atom is -0.508 e. The van der Waals surface area contributed by atoms with Crippen molar-refractivity contribution < 1.29 is 24.2 Å². The molecule has 8 heteroatoms. The maximum Gasteiger partial charge on any atom is 0.135 e. The summed E-state index contributed by atoms with van der Waals surface area (Å²) in [6.07, 6.45) is 5.58. The van der Waals surface area contributed by atoms with Gasteiger partial charge in [-0.15, -0.1) is 0 Å². The Morgan fingerprint density at radius 3 is 2.05 bits per heavy atom. The van der Waals surface area contributed by atoms with Crippen molar-refractivity contribution in [2.45, 2.75) is 13.8 Å². The number of hydrogen-bond acceptors (Lipinski definition) is 8. The number of allylic oxidation sites excluding steroid dienone is 3. The van der Waals surface area contributed by atoms with E-state index in [1.54, 1.807) is 36.4 Å². The first-order chi connectivity index (χ1) is 19.0. The van der Waals surface area contributed by atoms with Crippen LogP contribution in [0.2, 0.25) is 0 Å². The smallest absolute Gasteiger partial charge is 0.135 e. The van der Waals surface area contributed by atoms with Crippen molar-refractivity contribution in [3.8, 4) is 11.5 Å². The number of phenols is 1. The van der Waals surface area contributed by atoms with Gasteiger partial charge < -0.3 is 35.7 Å². The minimum absolute atomic E-state index is 0.268. The molecule has 0 aliphatic heterocycles. The fourth-order valence-corrected chi connectivity index (χ4v) is 2.87. The van der Waals surface area contributed by atoms with Crippen LogP contribution in [0.5, 0.6) is 11.5 Å². The van der Waals surface area contributed by atoms with E-state index in [4.69, 9.17) is 19.1 Å². The summed E-state index contributed by atoms with van der Waals surface area (Å²) in [5, 5.41) is 20.1. The number of aromatic hydroxyl groups is 1. The van der Waals surface area contributed by atoms with Crippen molar-refractivity contribution in [2.24, 2.45) is 11.5 Å². The molecule has 0 aliphatic rings. The van der Waals surface area contributed by atoms with E-state index >= 15 is 0 Å². The Morgan fingerprint density at radius 2 is 1.51 bits per heavy atom. The Bertz CT molecular complexity index is 1160. The molecule has 0 saturated heterocycles. The van der Waals surface area contributed by atoms with Crippen molar-refractivity contribution >= 4 is 21.9 Å². The van der Waals surface area contributed by atoms with Gasteiger partial charge in [-0.3, -0.25) is 0 Å². The number of aliphatic hydroxyl groups excluding tert-OH is 1. The molecule has 0 radical (unpaired) electrons. The number of nitrogens with two attached hydrogens (primary N) is 2. The monoisotopic (exact) mass is 541 g/mol. The first-order valence-electron chi connectivity index (χ1n) is 12.4. The fraction of sp³-hybridized carbons (Fsp3) is 0.290. The van der Waals surface area contributed by atoms with Gasteiger partial charge in [0.15, 0.2) is 0 Å². The number of likely N-dealkylation sites (N-methyl/N-ethyl adjacent to an activating group) is 1. The molecule has 6 N–H and O–H groups in total. The van der Waals surface area contributed by atoms with Gasteiger partial charge in [0, 0.05) is 24.9 Å². The summed E-state index contributed by atoms with van der Waals surface area (Å²) in [5.41, 5.74) is 11.9. The Morgan fingerprint density at radius 1 is 0.923 bits per heavy atom. The number of furan rings is 1. The molecule has 0 bridgehead atoms. The largest absolute Gasteiger partial charge is 0.508 e. The maximum atomic E-state index is 9.37. The van der Waals surface area contributed by atoms with Crippen molar-refractivity contribution in [3.63, 3.8) is 0 Å². The molecule has 0 fully saturated rings. The van der Waals surface area contributed by atoms with Crippen LogP contribution in [0, 0.1) is 6.92 Å². The van der Waals surface area contributed by atoms with E-state index in [1.165, 1.54) is 19.7 Å². The van der Waals surface area contributed by atoms with E-state index in [-0.39, 0.29) is 5.75 Å². The fourth-order valence-electron chi connectivity index (χ4n) is 2.87.